The number of anilines is 3. The SMILES string of the molecule is CCCCCCc1ccc(N(c2ccc(C)cc2)c2c3nc(nc4[n-]c(c(C#Cc5ccc(C(=O)O)cc5)c5nc(nc6[n-]c2c2ccccc62)-c2ccccc2-5)c2ccccc42)-c2ccccc2-3)cc1.[Zn+2]. The first-order valence-corrected chi connectivity index (χ1v) is 24.1. The molecule has 5 heterocycles. The van der Waals surface area contributed by atoms with Crippen molar-refractivity contribution in [2.75, 3.05) is 4.90 Å². The molecular weight excluding hydrogens is 940 g/mol. The molecule has 10 heteroatoms. The molecule has 7 aromatic carbocycles. The minimum atomic E-state index is -1.00. The van der Waals surface area contributed by atoms with Crippen LogP contribution in [0.1, 0.15) is 65.2 Å². The van der Waals surface area contributed by atoms with Gasteiger partial charge in [-0.05, 0) is 118 Å². The molecule has 72 heavy (non-hydrogen) atoms. The van der Waals surface area contributed by atoms with E-state index in [0.29, 0.717) is 56.5 Å². The maximum absolute atomic E-state index is 11.7. The number of hydrogen-bond acceptors (Lipinski definition) is 6. The van der Waals surface area contributed by atoms with E-state index in [1.807, 2.05) is 72.8 Å². The summed E-state index contributed by atoms with van der Waals surface area (Å²) in [5.41, 5.74) is 13.7. The van der Waals surface area contributed by atoms with Gasteiger partial charge >= 0.3 is 25.4 Å². The van der Waals surface area contributed by atoms with Crippen LogP contribution in [0.25, 0.3) is 89.2 Å². The molecule has 0 spiro atoms. The van der Waals surface area contributed by atoms with Crippen molar-refractivity contribution >= 4 is 66.9 Å². The van der Waals surface area contributed by atoms with Crippen molar-refractivity contribution in [3.63, 3.8) is 0 Å². The van der Waals surface area contributed by atoms with Crippen molar-refractivity contribution in [2.24, 2.45) is 0 Å². The molecule has 2 aliphatic rings. The smallest absolute Gasteiger partial charge is 0.478 e. The topological polar surface area (TPSA) is 120 Å². The van der Waals surface area contributed by atoms with E-state index >= 15 is 0 Å². The van der Waals surface area contributed by atoms with Gasteiger partial charge in [0.1, 0.15) is 0 Å². The molecule has 12 rings (SSSR count). The number of hydrogen-bond donors (Lipinski definition) is 1. The van der Waals surface area contributed by atoms with Crippen LogP contribution in [-0.2, 0) is 25.9 Å². The molecule has 0 saturated carbocycles. The average Bonchev–Trinajstić information content (AvgIpc) is 4.17. The molecule has 2 aliphatic heterocycles. The molecule has 0 radical (unpaired) electrons. The third-order valence-corrected chi connectivity index (χ3v) is 13.4. The van der Waals surface area contributed by atoms with Gasteiger partial charge in [-0.2, -0.15) is 0 Å². The van der Waals surface area contributed by atoms with Crippen LogP contribution in [0.3, 0.4) is 0 Å². The van der Waals surface area contributed by atoms with E-state index in [2.05, 4.69) is 103 Å². The van der Waals surface area contributed by atoms with Gasteiger partial charge in [0, 0.05) is 39.2 Å². The minimum Gasteiger partial charge on any atom is -0.478 e. The monoisotopic (exact) mass is 983 g/mol. The number of rotatable bonds is 9. The zero-order valence-corrected chi connectivity index (χ0v) is 42.9. The second-order valence-corrected chi connectivity index (χ2v) is 18.0. The molecule has 0 amide bonds. The summed E-state index contributed by atoms with van der Waals surface area (Å²) in [4.78, 5) is 46.7. The maximum atomic E-state index is 11.7. The zero-order valence-electron chi connectivity index (χ0n) is 39.9. The Kier molecular flexibility index (Phi) is 12.3. The maximum Gasteiger partial charge on any atom is 2.00 e. The summed E-state index contributed by atoms with van der Waals surface area (Å²) in [6.07, 6.45) is 5.83. The Morgan fingerprint density at radius 2 is 1.06 bits per heavy atom. The van der Waals surface area contributed by atoms with Crippen LogP contribution in [-0.4, -0.2) is 31.0 Å². The van der Waals surface area contributed by atoms with E-state index in [-0.39, 0.29) is 25.0 Å². The molecule has 0 unspecified atom stereocenters. The van der Waals surface area contributed by atoms with Crippen molar-refractivity contribution in [3.8, 4) is 57.1 Å². The van der Waals surface area contributed by atoms with Crippen LogP contribution in [0.15, 0.2) is 170 Å². The Hall–Kier alpha value is -8.51. The molecule has 3 aromatic heterocycles. The zero-order chi connectivity index (χ0) is 48.0. The van der Waals surface area contributed by atoms with E-state index < -0.39 is 5.97 Å². The molecule has 10 aromatic rings. The molecule has 1 N–H and O–H groups in total. The first-order valence-electron chi connectivity index (χ1n) is 24.1. The van der Waals surface area contributed by atoms with E-state index in [0.717, 1.165) is 79.3 Å². The molecule has 8 bridgehead atoms. The van der Waals surface area contributed by atoms with Crippen LogP contribution in [0, 0.1) is 18.8 Å². The average molecular weight is 985 g/mol. The molecule has 0 atom stereocenters. The Balaban J connectivity index is 0.00000560. The number of nitrogens with zero attached hydrogens (tertiary/aromatic N) is 7. The Labute approximate surface area is 429 Å². The van der Waals surface area contributed by atoms with Gasteiger partial charge in [-0.15, -0.1) is 0 Å². The molecule has 9 nitrogen and oxygen atoms in total. The van der Waals surface area contributed by atoms with Gasteiger partial charge in [0.25, 0.3) is 0 Å². The van der Waals surface area contributed by atoms with Crippen LogP contribution in [0.2, 0.25) is 0 Å². The molecule has 0 fully saturated rings. The second-order valence-electron chi connectivity index (χ2n) is 18.0. The normalized spacial score (nSPS) is 11.4. The molecular formula is C62H45N7O2Zn. The number of benzene rings is 7. The van der Waals surface area contributed by atoms with Crippen molar-refractivity contribution in [2.45, 2.75) is 46.0 Å². The number of carboxylic acids is 1. The summed E-state index contributed by atoms with van der Waals surface area (Å²) < 4.78 is 0. The van der Waals surface area contributed by atoms with E-state index in [1.165, 1.54) is 24.8 Å². The predicted octanol–water partition coefficient (Wildman–Crippen LogP) is 14.3. The molecule has 0 saturated heterocycles. The third kappa shape index (κ3) is 8.32. The Morgan fingerprint density at radius 3 is 1.65 bits per heavy atom. The Morgan fingerprint density at radius 1 is 0.542 bits per heavy atom. The van der Waals surface area contributed by atoms with Gasteiger partial charge in [-0.3, -0.25) is 4.98 Å². The summed E-state index contributed by atoms with van der Waals surface area (Å²) in [5.74, 6) is 6.80. The fourth-order valence-corrected chi connectivity index (χ4v) is 9.78. The van der Waals surface area contributed by atoms with Gasteiger partial charge < -0.3 is 29.9 Å². The summed E-state index contributed by atoms with van der Waals surface area (Å²) in [7, 11) is 0. The van der Waals surface area contributed by atoms with E-state index in [4.69, 9.17) is 29.9 Å². The standard InChI is InChI=1S/C62H46N7O2.Zn/c1-3-4-5-6-15-39-28-35-43(36-29-39)69(42-33-24-38(2)25-34-42)57-55-46-18-9-13-22-50(46)60(65-55)67-58-48-20-11-7-16-44(48)53(63-58)52(37-30-40-26-31-41(32-27-40)62(70)71)54-45-17-8-12-21-49(45)59(64-54)68-61-51-23-14-10-19-47(51)56(57)66-61;/h7-14,16-29,31-36H,3-6,15H2,1-2H3,(H2-,63,64,65,66,67,68,70,71);/q-1;+2/p-1. The number of aryl methyl sites for hydroxylation is 2. The fraction of sp³-hybridized carbons (Fsp3) is 0.113. The first kappa shape index (κ1) is 45.9. The predicted molar refractivity (Wildman–Crippen MR) is 285 cm³/mol. The van der Waals surface area contributed by atoms with Gasteiger partial charge in [-0.25, -0.2) is 9.78 Å². The van der Waals surface area contributed by atoms with Gasteiger partial charge in [0.2, 0.25) is 0 Å². The van der Waals surface area contributed by atoms with Crippen LogP contribution < -0.4 is 14.9 Å². The number of fused-ring (bicyclic) bond motifs is 20. The number of unbranched alkanes of at least 4 members (excludes halogenated alkanes) is 3. The van der Waals surface area contributed by atoms with Crippen molar-refractivity contribution in [1.82, 2.24) is 29.9 Å². The number of carboxylic acid groups (broad SMARTS) is 1. The minimum absolute atomic E-state index is 0. The van der Waals surface area contributed by atoms with Crippen LogP contribution in [0.5, 0.6) is 0 Å². The van der Waals surface area contributed by atoms with Gasteiger partial charge in [0.05, 0.1) is 39.9 Å². The van der Waals surface area contributed by atoms with Gasteiger partial charge in [-0.1, -0.05) is 165 Å². The van der Waals surface area contributed by atoms with E-state index in [9.17, 15) is 9.90 Å². The third-order valence-electron chi connectivity index (χ3n) is 13.4. The van der Waals surface area contributed by atoms with E-state index in [1.54, 1.807) is 24.3 Å². The summed E-state index contributed by atoms with van der Waals surface area (Å²) in [5, 5.41) is 13.1. The van der Waals surface area contributed by atoms with Crippen molar-refractivity contribution in [3.05, 3.63) is 198 Å². The fourth-order valence-electron chi connectivity index (χ4n) is 9.78. The summed E-state index contributed by atoms with van der Waals surface area (Å²) in [6, 6.07) is 56.7. The van der Waals surface area contributed by atoms with Crippen molar-refractivity contribution < 1.29 is 29.4 Å². The largest absolute Gasteiger partial charge is 2.00 e. The number of aromatic nitrogens is 6. The van der Waals surface area contributed by atoms with Crippen molar-refractivity contribution in [1.29, 1.82) is 0 Å². The quantitative estimate of drug-likeness (QED) is 0.0856. The van der Waals surface area contributed by atoms with Crippen LogP contribution in [0.4, 0.5) is 17.1 Å². The molecule has 0 aliphatic carbocycles. The summed E-state index contributed by atoms with van der Waals surface area (Å²) >= 11 is 0. The van der Waals surface area contributed by atoms with Crippen LogP contribution >= 0.6 is 0 Å². The summed E-state index contributed by atoms with van der Waals surface area (Å²) in [6.45, 7) is 4.35. The number of carbonyl (C=O) groups is 1. The number of aromatic carboxylic acids is 1. The van der Waals surface area contributed by atoms with Gasteiger partial charge in [0.15, 0.2) is 0 Å². The molecule has 342 valence electrons. The second kappa shape index (κ2) is 19.4. The first-order chi connectivity index (χ1) is 34.9. The Bertz CT molecular complexity index is 3980.